The molecular formula is C54H58O11. The molecule has 0 unspecified atom stereocenters. The highest BCUT2D eigenvalue weighted by molar-refractivity contribution is 5.18. The Bertz CT molecular complexity index is 2210. The molecule has 0 aromatic heterocycles. The normalized spacial score (nSPS) is 25.6. The van der Waals surface area contributed by atoms with Crippen molar-refractivity contribution in [3.05, 3.63) is 215 Å². The van der Waals surface area contributed by atoms with Gasteiger partial charge in [-0.2, -0.15) is 0 Å². The first-order valence-corrected chi connectivity index (χ1v) is 22.3. The molecule has 11 nitrogen and oxygen atoms in total. The SMILES string of the molecule is OC[C@H]1O[C@H](OC[C@H]2O[C@H](O)[C@@H](OCc3ccccc3)[C@@H](OCc3ccccc3)[C@@H]2OCc2ccccc2)[C@H](OCc2ccccc2)[C@@H](OCc2ccccc2)[C@@H]1OCc1ccccc1. The van der Waals surface area contributed by atoms with Gasteiger partial charge in [0.2, 0.25) is 0 Å². The van der Waals surface area contributed by atoms with Crippen molar-refractivity contribution >= 4 is 0 Å². The summed E-state index contributed by atoms with van der Waals surface area (Å²) in [6.45, 7) is 0.863. The van der Waals surface area contributed by atoms with Gasteiger partial charge in [-0.15, -0.1) is 0 Å². The van der Waals surface area contributed by atoms with Gasteiger partial charge in [0.15, 0.2) is 12.6 Å². The van der Waals surface area contributed by atoms with E-state index in [4.69, 9.17) is 42.6 Å². The minimum absolute atomic E-state index is 0.123. The van der Waals surface area contributed by atoms with Crippen LogP contribution in [0.25, 0.3) is 0 Å². The Labute approximate surface area is 381 Å². The van der Waals surface area contributed by atoms with Crippen LogP contribution in [-0.2, 0) is 82.3 Å². The number of ether oxygens (including phenoxy) is 9. The van der Waals surface area contributed by atoms with E-state index >= 15 is 0 Å². The fourth-order valence-electron chi connectivity index (χ4n) is 8.11. The van der Waals surface area contributed by atoms with Crippen LogP contribution in [0.5, 0.6) is 0 Å². The van der Waals surface area contributed by atoms with Crippen molar-refractivity contribution in [2.45, 2.75) is 101 Å². The van der Waals surface area contributed by atoms with Gasteiger partial charge in [0.05, 0.1) is 52.9 Å². The van der Waals surface area contributed by atoms with Crippen LogP contribution >= 0.6 is 0 Å². The molecule has 2 heterocycles. The van der Waals surface area contributed by atoms with Crippen molar-refractivity contribution in [2.75, 3.05) is 13.2 Å². The Hall–Kier alpha value is -5.12. The molecule has 2 aliphatic rings. The largest absolute Gasteiger partial charge is 0.394 e. The van der Waals surface area contributed by atoms with E-state index in [2.05, 4.69) is 0 Å². The highest BCUT2D eigenvalue weighted by Crippen LogP contribution is 2.34. The van der Waals surface area contributed by atoms with Gasteiger partial charge in [0.25, 0.3) is 0 Å². The van der Waals surface area contributed by atoms with E-state index in [1.54, 1.807) is 0 Å². The molecule has 6 aromatic rings. The number of aliphatic hydroxyl groups is 2. The molecule has 0 bridgehead atoms. The third-order valence-corrected chi connectivity index (χ3v) is 11.5. The lowest BCUT2D eigenvalue weighted by Crippen LogP contribution is -2.63. The van der Waals surface area contributed by atoms with E-state index in [0.717, 1.165) is 33.4 Å². The zero-order valence-corrected chi connectivity index (χ0v) is 36.3. The summed E-state index contributed by atoms with van der Waals surface area (Å²) in [4.78, 5) is 0. The third kappa shape index (κ3) is 13.3. The lowest BCUT2D eigenvalue weighted by atomic mass is 9.97. The van der Waals surface area contributed by atoms with Gasteiger partial charge in [0, 0.05) is 0 Å². The van der Waals surface area contributed by atoms with Gasteiger partial charge in [-0.1, -0.05) is 182 Å². The van der Waals surface area contributed by atoms with Gasteiger partial charge >= 0.3 is 0 Å². The lowest BCUT2D eigenvalue weighted by molar-refractivity contribution is -0.348. The highest BCUT2D eigenvalue weighted by Gasteiger charge is 2.51. The molecular weight excluding hydrogens is 825 g/mol. The van der Waals surface area contributed by atoms with Crippen LogP contribution in [0.4, 0.5) is 0 Å². The summed E-state index contributed by atoms with van der Waals surface area (Å²) < 4.78 is 59.8. The topological polar surface area (TPSA) is 124 Å². The summed E-state index contributed by atoms with van der Waals surface area (Å²) >= 11 is 0. The second kappa shape index (κ2) is 24.4. The standard InChI is InChI=1S/C54H58O11/c55-31-45-47(57-32-39-19-7-1-8-20-39)50(60-35-42-25-13-4-14-26-42)52(62-37-44-29-17-6-18-30-44)54(65-45)63-38-46-48(58-33-40-21-9-2-10-22-40)49(59-34-41-23-11-3-12-24-41)51(53(56)64-46)61-36-43-27-15-5-16-28-43/h1-30,45-56H,31-38H2/t45-,46-,47-,48-,49+,50+,51+,52-,53+,54+/m1/s1. The van der Waals surface area contributed by atoms with Crippen molar-refractivity contribution in [1.29, 1.82) is 0 Å². The van der Waals surface area contributed by atoms with Crippen molar-refractivity contribution in [3.8, 4) is 0 Å². The number of hydrogen-bond acceptors (Lipinski definition) is 11. The van der Waals surface area contributed by atoms with E-state index in [9.17, 15) is 10.2 Å². The first-order chi connectivity index (χ1) is 32.1. The first kappa shape index (κ1) is 46.4. The van der Waals surface area contributed by atoms with Crippen LogP contribution in [0, 0.1) is 0 Å². The fraction of sp³-hybridized carbons (Fsp3) is 0.333. The third-order valence-electron chi connectivity index (χ3n) is 11.5. The van der Waals surface area contributed by atoms with Crippen LogP contribution < -0.4 is 0 Å². The summed E-state index contributed by atoms with van der Waals surface area (Å²) in [5.41, 5.74) is 5.66. The number of aliphatic hydroxyl groups excluding tert-OH is 2. The number of rotatable bonds is 22. The van der Waals surface area contributed by atoms with E-state index in [1.165, 1.54) is 0 Å². The summed E-state index contributed by atoms with van der Waals surface area (Å²) in [5.74, 6) is 0. The summed E-state index contributed by atoms with van der Waals surface area (Å²) in [6.07, 6.45) is -9.14. The predicted molar refractivity (Wildman–Crippen MR) is 243 cm³/mol. The molecule has 10 atom stereocenters. The zero-order valence-electron chi connectivity index (χ0n) is 36.3. The van der Waals surface area contributed by atoms with Gasteiger partial charge in [-0.25, -0.2) is 0 Å². The highest BCUT2D eigenvalue weighted by atomic mass is 16.7. The molecule has 2 saturated heterocycles. The molecule has 6 aromatic carbocycles. The van der Waals surface area contributed by atoms with Gasteiger partial charge in [-0.05, 0) is 33.4 Å². The van der Waals surface area contributed by atoms with E-state index in [-0.39, 0.29) is 52.9 Å². The van der Waals surface area contributed by atoms with E-state index in [1.807, 2.05) is 182 Å². The second-order valence-electron chi connectivity index (χ2n) is 16.2. The molecule has 2 aliphatic heterocycles. The summed E-state index contributed by atoms with van der Waals surface area (Å²) in [5, 5.41) is 22.7. The Morgan fingerprint density at radius 2 is 0.615 bits per heavy atom. The molecule has 0 radical (unpaired) electrons. The van der Waals surface area contributed by atoms with E-state index < -0.39 is 61.4 Å². The Morgan fingerprint density at radius 1 is 0.323 bits per heavy atom. The molecule has 0 spiro atoms. The lowest BCUT2D eigenvalue weighted by Gasteiger charge is -2.47. The Morgan fingerprint density at radius 3 is 0.969 bits per heavy atom. The average Bonchev–Trinajstić information content (AvgIpc) is 3.36. The van der Waals surface area contributed by atoms with E-state index in [0.29, 0.717) is 0 Å². The maximum Gasteiger partial charge on any atom is 0.187 e. The first-order valence-electron chi connectivity index (χ1n) is 22.3. The molecule has 2 N–H and O–H groups in total. The van der Waals surface area contributed by atoms with Crippen LogP contribution in [0.15, 0.2) is 182 Å². The Balaban J connectivity index is 1.09. The molecule has 8 rings (SSSR count). The van der Waals surface area contributed by atoms with Crippen LogP contribution in [0.1, 0.15) is 33.4 Å². The maximum absolute atomic E-state index is 11.8. The van der Waals surface area contributed by atoms with Crippen molar-refractivity contribution in [2.24, 2.45) is 0 Å². The van der Waals surface area contributed by atoms with Crippen molar-refractivity contribution < 1.29 is 52.8 Å². The van der Waals surface area contributed by atoms with Gasteiger partial charge in [-0.3, -0.25) is 0 Å². The zero-order chi connectivity index (χ0) is 44.5. The maximum atomic E-state index is 11.8. The molecule has 11 heteroatoms. The second-order valence-corrected chi connectivity index (χ2v) is 16.2. The quantitative estimate of drug-likeness (QED) is 0.0691. The number of benzene rings is 6. The van der Waals surface area contributed by atoms with Gasteiger partial charge < -0.3 is 52.8 Å². The van der Waals surface area contributed by atoms with Crippen LogP contribution in [0.2, 0.25) is 0 Å². The molecule has 65 heavy (non-hydrogen) atoms. The average molecular weight is 883 g/mol. The van der Waals surface area contributed by atoms with Crippen molar-refractivity contribution in [1.82, 2.24) is 0 Å². The Kier molecular flexibility index (Phi) is 17.4. The molecule has 0 amide bonds. The monoisotopic (exact) mass is 882 g/mol. The summed E-state index contributed by atoms with van der Waals surface area (Å²) in [7, 11) is 0. The van der Waals surface area contributed by atoms with Crippen molar-refractivity contribution in [3.63, 3.8) is 0 Å². The van der Waals surface area contributed by atoms with Crippen LogP contribution in [-0.4, -0.2) is 84.8 Å². The smallest absolute Gasteiger partial charge is 0.187 e. The predicted octanol–water partition coefficient (Wildman–Crippen LogP) is 7.95. The molecule has 0 saturated carbocycles. The minimum atomic E-state index is -1.41. The number of hydrogen-bond donors (Lipinski definition) is 2. The molecule has 0 aliphatic carbocycles. The fourth-order valence-corrected chi connectivity index (χ4v) is 8.11. The molecule has 2 fully saturated rings. The molecule has 340 valence electrons. The van der Waals surface area contributed by atoms with Crippen LogP contribution in [0.3, 0.4) is 0 Å². The van der Waals surface area contributed by atoms with Gasteiger partial charge in [0.1, 0.15) is 48.8 Å². The minimum Gasteiger partial charge on any atom is -0.394 e. The summed E-state index contributed by atoms with van der Waals surface area (Å²) in [6, 6.07) is 58.9.